The number of sulfonamides is 1. The molecule has 1 N–H and O–H groups in total. The topological polar surface area (TPSA) is 97.3 Å². The fourth-order valence-electron chi connectivity index (χ4n) is 3.37. The highest BCUT2D eigenvalue weighted by Gasteiger charge is 2.18. The van der Waals surface area contributed by atoms with Gasteiger partial charge in [-0.05, 0) is 79.1 Å². The lowest BCUT2D eigenvalue weighted by Gasteiger charge is -2.22. The highest BCUT2D eigenvalue weighted by molar-refractivity contribution is 7.92. The van der Waals surface area contributed by atoms with Crippen molar-refractivity contribution >= 4 is 39.4 Å². The summed E-state index contributed by atoms with van der Waals surface area (Å²) < 4.78 is 37.4. The second-order valence-corrected chi connectivity index (χ2v) is 10.5. The quantitative estimate of drug-likeness (QED) is 0.248. The lowest BCUT2D eigenvalue weighted by molar-refractivity contribution is 0.0955. The standard InChI is InChI=1S/C27H30ClN3O5S/c1-4-16-36-25-15-8-21(17-26(25)35-5-2)18-29-30-27(32)22-9-13-24(14-10-22)31(37(3,33)34)19-20-6-11-23(28)12-7-20/h6-15,17-18H,4-5,16,19H2,1-3H3,(H,30,32)/b29-18-. The number of carbonyl (C=O) groups excluding carboxylic acids is 1. The van der Waals surface area contributed by atoms with Gasteiger partial charge < -0.3 is 9.47 Å². The van der Waals surface area contributed by atoms with Crippen LogP contribution in [0.25, 0.3) is 0 Å². The van der Waals surface area contributed by atoms with Crippen LogP contribution in [0.15, 0.2) is 71.8 Å². The zero-order chi connectivity index (χ0) is 26.8. The monoisotopic (exact) mass is 543 g/mol. The molecular weight excluding hydrogens is 514 g/mol. The third-order valence-electron chi connectivity index (χ3n) is 5.17. The molecule has 0 aliphatic carbocycles. The van der Waals surface area contributed by atoms with Gasteiger partial charge in [-0.25, -0.2) is 13.8 Å². The number of hydrogen-bond donors (Lipinski definition) is 1. The Labute approximate surface area is 222 Å². The van der Waals surface area contributed by atoms with Gasteiger partial charge in [0.2, 0.25) is 10.0 Å². The summed E-state index contributed by atoms with van der Waals surface area (Å²) in [5, 5.41) is 4.60. The van der Waals surface area contributed by atoms with Crippen molar-refractivity contribution in [3.05, 3.63) is 88.4 Å². The van der Waals surface area contributed by atoms with Crippen molar-refractivity contribution in [2.24, 2.45) is 5.10 Å². The lowest BCUT2D eigenvalue weighted by Crippen LogP contribution is -2.29. The van der Waals surface area contributed by atoms with Crippen LogP contribution in [-0.2, 0) is 16.6 Å². The Bertz CT molecular complexity index is 1330. The summed E-state index contributed by atoms with van der Waals surface area (Å²) in [4.78, 5) is 12.6. The second kappa shape index (κ2) is 13.1. The molecule has 0 aliphatic rings. The van der Waals surface area contributed by atoms with Crippen LogP contribution in [0.1, 0.15) is 41.8 Å². The molecule has 0 fully saturated rings. The van der Waals surface area contributed by atoms with E-state index >= 15 is 0 Å². The largest absolute Gasteiger partial charge is 0.490 e. The van der Waals surface area contributed by atoms with Crippen LogP contribution in [0.4, 0.5) is 5.69 Å². The molecule has 0 bridgehead atoms. The summed E-state index contributed by atoms with van der Waals surface area (Å²) in [6.45, 7) is 5.14. The van der Waals surface area contributed by atoms with Gasteiger partial charge in [0.05, 0.1) is 37.9 Å². The Morgan fingerprint density at radius 2 is 1.70 bits per heavy atom. The first-order valence-electron chi connectivity index (χ1n) is 11.8. The molecule has 0 saturated carbocycles. The van der Waals surface area contributed by atoms with Gasteiger partial charge in [-0.3, -0.25) is 9.10 Å². The maximum Gasteiger partial charge on any atom is 0.271 e. The molecule has 0 aromatic heterocycles. The van der Waals surface area contributed by atoms with Crippen LogP contribution in [0.2, 0.25) is 5.02 Å². The summed E-state index contributed by atoms with van der Waals surface area (Å²) >= 11 is 5.93. The van der Waals surface area contributed by atoms with Crippen molar-refractivity contribution in [1.29, 1.82) is 0 Å². The normalized spacial score (nSPS) is 11.4. The molecule has 0 saturated heterocycles. The third kappa shape index (κ3) is 8.23. The molecule has 10 heteroatoms. The zero-order valence-corrected chi connectivity index (χ0v) is 22.6. The summed E-state index contributed by atoms with van der Waals surface area (Å²) in [6, 6.07) is 18.6. The zero-order valence-electron chi connectivity index (χ0n) is 21.0. The molecule has 3 aromatic carbocycles. The maximum atomic E-state index is 12.6. The van der Waals surface area contributed by atoms with E-state index in [9.17, 15) is 13.2 Å². The molecule has 0 radical (unpaired) electrons. The second-order valence-electron chi connectivity index (χ2n) is 8.13. The minimum atomic E-state index is -3.56. The molecule has 3 aromatic rings. The molecule has 0 atom stereocenters. The number of ether oxygens (including phenoxy) is 2. The van der Waals surface area contributed by atoms with Crippen LogP contribution < -0.4 is 19.2 Å². The van der Waals surface area contributed by atoms with Crippen LogP contribution in [0.3, 0.4) is 0 Å². The van der Waals surface area contributed by atoms with Gasteiger partial charge in [0.15, 0.2) is 11.5 Å². The van der Waals surface area contributed by atoms with E-state index in [1.165, 1.54) is 10.5 Å². The Kier molecular flexibility index (Phi) is 9.93. The van der Waals surface area contributed by atoms with E-state index in [2.05, 4.69) is 10.5 Å². The molecule has 0 unspecified atom stereocenters. The molecule has 37 heavy (non-hydrogen) atoms. The van der Waals surface area contributed by atoms with Crippen LogP contribution in [-0.4, -0.2) is 40.0 Å². The highest BCUT2D eigenvalue weighted by Crippen LogP contribution is 2.28. The van der Waals surface area contributed by atoms with E-state index in [0.29, 0.717) is 41.0 Å². The van der Waals surface area contributed by atoms with Gasteiger partial charge in [0.1, 0.15) is 0 Å². The number of hydrazone groups is 1. The van der Waals surface area contributed by atoms with Gasteiger partial charge in [0.25, 0.3) is 5.91 Å². The van der Waals surface area contributed by atoms with Crippen molar-refractivity contribution in [1.82, 2.24) is 5.43 Å². The Hall–Kier alpha value is -3.56. The lowest BCUT2D eigenvalue weighted by atomic mass is 10.2. The molecular formula is C27H30ClN3O5S. The number of nitrogens with one attached hydrogen (secondary N) is 1. The fraction of sp³-hybridized carbons (Fsp3) is 0.259. The fourth-order valence-corrected chi connectivity index (χ4v) is 4.38. The minimum Gasteiger partial charge on any atom is -0.490 e. The number of amides is 1. The summed E-state index contributed by atoms with van der Waals surface area (Å²) in [5.41, 5.74) is 4.77. The minimum absolute atomic E-state index is 0.137. The van der Waals surface area contributed by atoms with E-state index in [1.807, 2.05) is 19.9 Å². The molecule has 0 heterocycles. The van der Waals surface area contributed by atoms with Crippen LogP contribution in [0, 0.1) is 0 Å². The third-order valence-corrected chi connectivity index (χ3v) is 6.56. The smallest absolute Gasteiger partial charge is 0.271 e. The van der Waals surface area contributed by atoms with Crippen molar-refractivity contribution < 1.29 is 22.7 Å². The van der Waals surface area contributed by atoms with Crippen molar-refractivity contribution in [2.75, 3.05) is 23.8 Å². The number of anilines is 1. The number of nitrogens with zero attached hydrogens (tertiary/aromatic N) is 2. The number of benzene rings is 3. The summed E-state index contributed by atoms with van der Waals surface area (Å²) in [6.07, 6.45) is 3.53. The first-order valence-corrected chi connectivity index (χ1v) is 14.0. The predicted octanol–water partition coefficient (Wildman–Crippen LogP) is 5.26. The molecule has 3 rings (SSSR count). The van der Waals surface area contributed by atoms with Crippen molar-refractivity contribution in [3.8, 4) is 11.5 Å². The number of rotatable bonds is 12. The number of carbonyl (C=O) groups is 1. The van der Waals surface area contributed by atoms with Crippen molar-refractivity contribution in [2.45, 2.75) is 26.8 Å². The first kappa shape index (κ1) is 28.0. The summed E-state index contributed by atoms with van der Waals surface area (Å²) in [5.74, 6) is 0.833. The van der Waals surface area contributed by atoms with E-state index < -0.39 is 15.9 Å². The van der Waals surface area contributed by atoms with Crippen molar-refractivity contribution in [3.63, 3.8) is 0 Å². The maximum absolute atomic E-state index is 12.6. The predicted molar refractivity (Wildman–Crippen MR) is 147 cm³/mol. The van der Waals surface area contributed by atoms with E-state index in [0.717, 1.165) is 23.8 Å². The Morgan fingerprint density at radius 1 is 1.00 bits per heavy atom. The Balaban J connectivity index is 1.68. The highest BCUT2D eigenvalue weighted by atomic mass is 35.5. The van der Waals surface area contributed by atoms with Gasteiger partial charge in [-0.1, -0.05) is 30.7 Å². The molecule has 8 nitrogen and oxygen atoms in total. The average molecular weight is 544 g/mol. The first-order chi connectivity index (χ1) is 17.7. The van der Waals surface area contributed by atoms with Crippen LogP contribution >= 0.6 is 11.6 Å². The number of halogens is 1. The van der Waals surface area contributed by atoms with Crippen LogP contribution in [0.5, 0.6) is 11.5 Å². The molecule has 1 amide bonds. The van der Waals surface area contributed by atoms with Gasteiger partial charge in [-0.2, -0.15) is 5.10 Å². The van der Waals surface area contributed by atoms with Gasteiger partial charge in [0, 0.05) is 10.6 Å². The Morgan fingerprint density at radius 3 is 2.32 bits per heavy atom. The van der Waals surface area contributed by atoms with Gasteiger partial charge >= 0.3 is 0 Å². The average Bonchev–Trinajstić information content (AvgIpc) is 2.87. The SMILES string of the molecule is CCCOc1ccc(/C=N\NC(=O)c2ccc(N(Cc3ccc(Cl)cc3)S(C)(=O)=O)cc2)cc1OCC. The van der Waals surface area contributed by atoms with E-state index in [1.54, 1.807) is 60.7 Å². The molecule has 0 spiro atoms. The summed E-state index contributed by atoms with van der Waals surface area (Å²) in [7, 11) is -3.56. The van der Waals surface area contributed by atoms with Gasteiger partial charge in [-0.15, -0.1) is 0 Å². The molecule has 0 aliphatic heterocycles. The van der Waals surface area contributed by atoms with E-state index in [4.69, 9.17) is 21.1 Å². The van der Waals surface area contributed by atoms with E-state index in [-0.39, 0.29) is 6.54 Å². The number of hydrogen-bond acceptors (Lipinski definition) is 6. The molecule has 196 valence electrons.